The molecule has 0 spiro atoms. The Labute approximate surface area is 182 Å². The van der Waals surface area contributed by atoms with Crippen LogP contribution < -0.4 is 14.2 Å². The molecule has 3 aromatic carbocycles. The summed E-state index contributed by atoms with van der Waals surface area (Å²) in [6.07, 6.45) is 1.46. The van der Waals surface area contributed by atoms with Crippen LogP contribution in [0, 0.1) is 6.92 Å². The van der Waals surface area contributed by atoms with Crippen molar-refractivity contribution in [1.82, 2.24) is 0 Å². The lowest BCUT2D eigenvalue weighted by molar-refractivity contribution is 0.417. The molecule has 0 aliphatic heterocycles. The van der Waals surface area contributed by atoms with E-state index in [0.29, 0.717) is 11.3 Å². The van der Waals surface area contributed by atoms with E-state index >= 15 is 0 Å². The summed E-state index contributed by atoms with van der Waals surface area (Å²) in [6, 6.07) is 19.9. The number of para-hydroxylation sites is 2. The number of nitrogens with one attached hydrogen (secondary N) is 2. The van der Waals surface area contributed by atoms with Gasteiger partial charge in [0, 0.05) is 0 Å². The van der Waals surface area contributed by atoms with Crippen LogP contribution in [-0.2, 0) is 20.0 Å². The second-order valence-corrected chi connectivity index (χ2v) is 9.86. The lowest BCUT2D eigenvalue weighted by atomic mass is 10.2. The van der Waals surface area contributed by atoms with Gasteiger partial charge in [0.25, 0.3) is 20.0 Å². The van der Waals surface area contributed by atoms with Crippen molar-refractivity contribution < 1.29 is 21.6 Å². The van der Waals surface area contributed by atoms with E-state index in [9.17, 15) is 16.8 Å². The lowest BCUT2D eigenvalue weighted by Crippen LogP contribution is -2.16. The smallest absolute Gasteiger partial charge is 0.262 e. The molecule has 0 heterocycles. The van der Waals surface area contributed by atoms with Crippen molar-refractivity contribution in [2.45, 2.75) is 11.8 Å². The van der Waals surface area contributed by atoms with Crippen molar-refractivity contribution in [2.75, 3.05) is 16.6 Å². The Morgan fingerprint density at radius 3 is 2.23 bits per heavy atom. The fourth-order valence-corrected chi connectivity index (χ4v) is 5.01. The molecule has 162 valence electrons. The van der Waals surface area contributed by atoms with Gasteiger partial charge in [-0.05, 0) is 48.4 Å². The summed E-state index contributed by atoms with van der Waals surface area (Å²) < 4.78 is 60.8. The third kappa shape index (κ3) is 5.87. The summed E-state index contributed by atoms with van der Waals surface area (Å²) in [5.41, 5.74) is 1.59. The molecule has 0 saturated heterocycles. The first-order valence-electron chi connectivity index (χ1n) is 9.23. The minimum Gasteiger partial charge on any atom is -0.495 e. The lowest BCUT2D eigenvalue weighted by Gasteiger charge is -2.14. The van der Waals surface area contributed by atoms with E-state index in [-0.39, 0.29) is 16.3 Å². The van der Waals surface area contributed by atoms with Gasteiger partial charge in [0.05, 0.1) is 28.8 Å². The van der Waals surface area contributed by atoms with Crippen molar-refractivity contribution in [1.29, 1.82) is 0 Å². The van der Waals surface area contributed by atoms with Crippen LogP contribution in [0.25, 0.3) is 6.08 Å². The van der Waals surface area contributed by atoms with E-state index in [1.807, 2.05) is 6.07 Å². The molecule has 0 saturated carbocycles. The first-order chi connectivity index (χ1) is 14.7. The molecule has 0 aliphatic carbocycles. The molecule has 2 N–H and O–H groups in total. The standard InChI is InChI=1S/C22H22N2O5S2/c1-17-12-13-19(23-30(25,26)15-14-18-8-4-3-5-9-18)16-22(17)31(27,28)24-20-10-6-7-11-21(20)29-2/h3-16,23-24H,1-2H3/b15-14+. The quantitative estimate of drug-likeness (QED) is 0.526. The maximum Gasteiger partial charge on any atom is 0.262 e. The number of sulfonamides is 2. The van der Waals surface area contributed by atoms with E-state index in [4.69, 9.17) is 4.74 Å². The monoisotopic (exact) mass is 458 g/mol. The van der Waals surface area contributed by atoms with Crippen LogP contribution >= 0.6 is 0 Å². The van der Waals surface area contributed by atoms with E-state index in [1.165, 1.54) is 31.4 Å². The zero-order valence-electron chi connectivity index (χ0n) is 16.9. The van der Waals surface area contributed by atoms with Gasteiger partial charge in [0.2, 0.25) is 0 Å². The SMILES string of the molecule is COc1ccccc1NS(=O)(=O)c1cc(NS(=O)(=O)/C=C/c2ccccc2)ccc1C. The molecule has 31 heavy (non-hydrogen) atoms. The molecule has 3 aromatic rings. The molecule has 0 bridgehead atoms. The summed E-state index contributed by atoms with van der Waals surface area (Å²) in [6.45, 7) is 1.63. The summed E-state index contributed by atoms with van der Waals surface area (Å²) in [4.78, 5) is -0.0503. The van der Waals surface area contributed by atoms with Crippen molar-refractivity contribution in [3.63, 3.8) is 0 Å². The Balaban J connectivity index is 1.86. The molecule has 0 unspecified atom stereocenters. The number of hydrogen-bond donors (Lipinski definition) is 2. The van der Waals surface area contributed by atoms with Gasteiger partial charge in [-0.1, -0.05) is 48.5 Å². The number of rotatable bonds is 8. The highest BCUT2D eigenvalue weighted by atomic mass is 32.2. The average Bonchev–Trinajstić information content (AvgIpc) is 2.74. The van der Waals surface area contributed by atoms with Crippen LogP contribution in [0.3, 0.4) is 0 Å². The van der Waals surface area contributed by atoms with Crippen LogP contribution in [-0.4, -0.2) is 23.9 Å². The number of methoxy groups -OCH3 is 1. The number of aryl methyl sites for hydroxylation is 1. The number of ether oxygens (including phenoxy) is 1. The summed E-state index contributed by atoms with van der Waals surface area (Å²) in [5, 5.41) is 1.03. The second kappa shape index (κ2) is 9.23. The Bertz CT molecular complexity index is 1300. The highest BCUT2D eigenvalue weighted by Crippen LogP contribution is 2.28. The summed E-state index contributed by atoms with van der Waals surface area (Å²) in [5.74, 6) is 0.367. The van der Waals surface area contributed by atoms with Crippen LogP contribution in [0.1, 0.15) is 11.1 Å². The zero-order chi connectivity index (χ0) is 22.5. The molecule has 3 rings (SSSR count). The minimum atomic E-state index is -3.99. The third-order valence-corrected chi connectivity index (χ3v) is 6.85. The Morgan fingerprint density at radius 2 is 1.52 bits per heavy atom. The summed E-state index contributed by atoms with van der Waals surface area (Å²) >= 11 is 0. The first kappa shape index (κ1) is 22.4. The van der Waals surface area contributed by atoms with Gasteiger partial charge in [0.15, 0.2) is 0 Å². The zero-order valence-corrected chi connectivity index (χ0v) is 18.6. The minimum absolute atomic E-state index is 0.0503. The van der Waals surface area contributed by atoms with Crippen LogP contribution in [0.4, 0.5) is 11.4 Å². The highest BCUT2D eigenvalue weighted by Gasteiger charge is 2.20. The Kier molecular flexibility index (Phi) is 6.67. The van der Waals surface area contributed by atoms with E-state index in [2.05, 4.69) is 9.44 Å². The van der Waals surface area contributed by atoms with Gasteiger partial charge < -0.3 is 4.74 Å². The molecule has 7 nitrogen and oxygen atoms in total. The Morgan fingerprint density at radius 1 is 0.839 bits per heavy atom. The molecule has 0 amide bonds. The van der Waals surface area contributed by atoms with E-state index in [0.717, 1.165) is 11.0 Å². The molecular weight excluding hydrogens is 436 g/mol. The third-order valence-electron chi connectivity index (χ3n) is 4.33. The average molecular weight is 459 g/mol. The van der Waals surface area contributed by atoms with E-state index < -0.39 is 20.0 Å². The van der Waals surface area contributed by atoms with Gasteiger partial charge >= 0.3 is 0 Å². The maximum absolute atomic E-state index is 13.0. The van der Waals surface area contributed by atoms with E-state index in [1.54, 1.807) is 55.5 Å². The highest BCUT2D eigenvalue weighted by molar-refractivity contribution is 7.95. The van der Waals surface area contributed by atoms with Crippen molar-refractivity contribution >= 4 is 37.5 Å². The van der Waals surface area contributed by atoms with Crippen LogP contribution in [0.15, 0.2) is 83.1 Å². The number of hydrogen-bond acceptors (Lipinski definition) is 5. The predicted octanol–water partition coefficient (Wildman–Crippen LogP) is 4.22. The largest absolute Gasteiger partial charge is 0.495 e. The fourth-order valence-electron chi connectivity index (χ4n) is 2.81. The molecule has 0 radical (unpaired) electrons. The molecule has 0 atom stereocenters. The molecule has 0 fully saturated rings. The second-order valence-electron chi connectivity index (χ2n) is 6.65. The predicted molar refractivity (Wildman–Crippen MR) is 123 cm³/mol. The molecule has 9 heteroatoms. The van der Waals surface area contributed by atoms with Crippen molar-refractivity contribution in [3.8, 4) is 5.75 Å². The summed E-state index contributed by atoms with van der Waals surface area (Å²) in [7, 11) is -6.39. The topological polar surface area (TPSA) is 102 Å². The maximum atomic E-state index is 13.0. The molecule has 0 aromatic heterocycles. The van der Waals surface area contributed by atoms with Gasteiger partial charge in [-0.15, -0.1) is 0 Å². The van der Waals surface area contributed by atoms with Crippen LogP contribution in [0.5, 0.6) is 5.75 Å². The first-order valence-corrected chi connectivity index (χ1v) is 12.3. The van der Waals surface area contributed by atoms with Gasteiger partial charge in [-0.2, -0.15) is 0 Å². The number of anilines is 2. The van der Waals surface area contributed by atoms with Gasteiger partial charge in [0.1, 0.15) is 5.75 Å². The van der Waals surface area contributed by atoms with Gasteiger partial charge in [-0.3, -0.25) is 9.44 Å². The Hall–Kier alpha value is -3.30. The van der Waals surface area contributed by atoms with Crippen molar-refractivity contribution in [2.24, 2.45) is 0 Å². The molecule has 0 aliphatic rings. The van der Waals surface area contributed by atoms with Crippen LogP contribution in [0.2, 0.25) is 0 Å². The fraction of sp³-hybridized carbons (Fsp3) is 0.0909. The normalized spacial score (nSPS) is 11.9. The number of benzene rings is 3. The van der Waals surface area contributed by atoms with Gasteiger partial charge in [-0.25, -0.2) is 16.8 Å². The van der Waals surface area contributed by atoms with Crippen molar-refractivity contribution in [3.05, 3.63) is 89.3 Å². The molecular formula is C22H22N2O5S2.